The summed E-state index contributed by atoms with van der Waals surface area (Å²) < 4.78 is 0. The summed E-state index contributed by atoms with van der Waals surface area (Å²) in [4.78, 5) is 12.0. The number of hydrogen-bond donors (Lipinski definition) is 2. The molecule has 5 heteroatoms. The molecule has 0 spiro atoms. The Bertz CT molecular complexity index is 449. The van der Waals surface area contributed by atoms with Gasteiger partial charge in [0.2, 0.25) is 5.91 Å². The summed E-state index contributed by atoms with van der Waals surface area (Å²) in [5, 5.41) is 17.4. The van der Waals surface area contributed by atoms with E-state index in [0.717, 1.165) is 19.4 Å². The summed E-state index contributed by atoms with van der Waals surface area (Å²) in [7, 11) is 0. The van der Waals surface area contributed by atoms with Crippen LogP contribution in [0.3, 0.4) is 0 Å². The van der Waals surface area contributed by atoms with Crippen molar-refractivity contribution in [3.8, 4) is 6.07 Å². The lowest BCUT2D eigenvalue weighted by Gasteiger charge is -2.27. The zero-order valence-corrected chi connectivity index (χ0v) is 10.5. The van der Waals surface area contributed by atoms with Crippen LogP contribution < -0.4 is 10.6 Å². The molecule has 1 saturated heterocycles. The van der Waals surface area contributed by atoms with Crippen molar-refractivity contribution in [3.63, 3.8) is 0 Å². The van der Waals surface area contributed by atoms with Gasteiger partial charge in [0.15, 0.2) is 0 Å². The van der Waals surface area contributed by atoms with Crippen LogP contribution in [0, 0.1) is 17.2 Å². The molecule has 17 heavy (non-hydrogen) atoms. The van der Waals surface area contributed by atoms with Gasteiger partial charge in [0.25, 0.3) is 0 Å². The van der Waals surface area contributed by atoms with E-state index in [1.54, 1.807) is 6.07 Å². The lowest BCUT2D eigenvalue weighted by Crippen LogP contribution is -2.45. The number of amides is 1. The van der Waals surface area contributed by atoms with Gasteiger partial charge in [-0.1, -0.05) is 6.92 Å². The Balaban J connectivity index is 1.99. The highest BCUT2D eigenvalue weighted by atomic mass is 32.1. The molecule has 0 radical (unpaired) electrons. The molecular weight excluding hydrogens is 234 g/mol. The maximum absolute atomic E-state index is 12.0. The Hall–Kier alpha value is -1.38. The van der Waals surface area contributed by atoms with Crippen molar-refractivity contribution in [1.29, 1.82) is 5.26 Å². The molecule has 1 aromatic heterocycles. The third-order valence-electron chi connectivity index (χ3n) is 3.00. The van der Waals surface area contributed by atoms with Crippen molar-refractivity contribution >= 4 is 22.2 Å². The zero-order valence-electron chi connectivity index (χ0n) is 9.69. The van der Waals surface area contributed by atoms with Gasteiger partial charge in [0.05, 0.1) is 11.6 Å². The summed E-state index contributed by atoms with van der Waals surface area (Å²) in [6.45, 7) is 3.04. The minimum atomic E-state index is -0.132. The number of rotatable bonds is 2. The second-order valence-corrected chi connectivity index (χ2v) is 5.32. The van der Waals surface area contributed by atoms with Crippen LogP contribution in [0.4, 0.5) is 5.00 Å². The molecule has 1 fully saturated rings. The maximum atomic E-state index is 12.0. The average molecular weight is 249 g/mol. The first kappa shape index (κ1) is 12.1. The normalized spacial score (nSPS) is 24.0. The molecule has 2 heterocycles. The van der Waals surface area contributed by atoms with Crippen LogP contribution in [0.2, 0.25) is 0 Å². The topological polar surface area (TPSA) is 64.9 Å². The minimum absolute atomic E-state index is 0.0319. The van der Waals surface area contributed by atoms with E-state index in [0.29, 0.717) is 16.5 Å². The van der Waals surface area contributed by atoms with E-state index < -0.39 is 0 Å². The van der Waals surface area contributed by atoms with Crippen LogP contribution in [0.1, 0.15) is 25.3 Å². The van der Waals surface area contributed by atoms with Crippen molar-refractivity contribution in [2.45, 2.75) is 25.8 Å². The van der Waals surface area contributed by atoms with Crippen LogP contribution in [0.15, 0.2) is 11.4 Å². The van der Waals surface area contributed by atoms with Gasteiger partial charge in [0.1, 0.15) is 11.1 Å². The van der Waals surface area contributed by atoms with E-state index in [9.17, 15) is 4.79 Å². The SMILES string of the molecule is CC1CCNC(C(=O)Nc2sccc2C#N)C1. The van der Waals surface area contributed by atoms with Crippen molar-refractivity contribution in [3.05, 3.63) is 17.0 Å². The van der Waals surface area contributed by atoms with Gasteiger partial charge in [-0.15, -0.1) is 11.3 Å². The first-order chi connectivity index (χ1) is 8.20. The van der Waals surface area contributed by atoms with Crippen molar-refractivity contribution in [2.24, 2.45) is 5.92 Å². The number of hydrogen-bond acceptors (Lipinski definition) is 4. The summed E-state index contributed by atoms with van der Waals surface area (Å²) >= 11 is 1.39. The fraction of sp³-hybridized carbons (Fsp3) is 0.500. The highest BCUT2D eigenvalue weighted by molar-refractivity contribution is 7.14. The molecule has 1 aliphatic rings. The Morgan fingerprint density at radius 3 is 3.24 bits per heavy atom. The lowest BCUT2D eigenvalue weighted by atomic mass is 9.94. The Labute approximate surface area is 105 Å². The van der Waals surface area contributed by atoms with Crippen LogP contribution in [0.25, 0.3) is 0 Å². The van der Waals surface area contributed by atoms with Gasteiger partial charge >= 0.3 is 0 Å². The molecule has 0 bridgehead atoms. The fourth-order valence-electron chi connectivity index (χ4n) is 2.00. The van der Waals surface area contributed by atoms with E-state index >= 15 is 0 Å². The molecule has 2 N–H and O–H groups in total. The standard InChI is InChI=1S/C12H15N3OS/c1-8-2-4-14-10(6-8)11(16)15-12-9(7-13)3-5-17-12/h3,5,8,10,14H,2,4,6H2,1H3,(H,15,16). The second-order valence-electron chi connectivity index (χ2n) is 4.40. The molecule has 4 nitrogen and oxygen atoms in total. The fourth-order valence-corrected chi connectivity index (χ4v) is 2.74. The molecule has 90 valence electrons. The van der Waals surface area contributed by atoms with Gasteiger partial charge < -0.3 is 10.6 Å². The number of nitrogens with one attached hydrogen (secondary N) is 2. The van der Waals surface area contributed by atoms with E-state index in [2.05, 4.69) is 23.6 Å². The Kier molecular flexibility index (Phi) is 3.77. The third kappa shape index (κ3) is 2.84. The Morgan fingerprint density at radius 2 is 2.53 bits per heavy atom. The van der Waals surface area contributed by atoms with Crippen molar-refractivity contribution in [2.75, 3.05) is 11.9 Å². The molecule has 2 rings (SSSR count). The summed E-state index contributed by atoms with van der Waals surface area (Å²) in [6, 6.07) is 3.66. The van der Waals surface area contributed by atoms with Crippen molar-refractivity contribution in [1.82, 2.24) is 5.32 Å². The van der Waals surface area contributed by atoms with Gasteiger partial charge in [-0.2, -0.15) is 5.26 Å². The number of piperidine rings is 1. The van der Waals surface area contributed by atoms with E-state index in [4.69, 9.17) is 5.26 Å². The predicted molar refractivity (Wildman–Crippen MR) is 67.9 cm³/mol. The van der Waals surface area contributed by atoms with E-state index in [1.807, 2.05) is 5.38 Å². The summed E-state index contributed by atoms with van der Waals surface area (Å²) in [5.41, 5.74) is 0.534. The van der Waals surface area contributed by atoms with Gasteiger partial charge in [-0.25, -0.2) is 0 Å². The number of nitrogens with zero attached hydrogens (tertiary/aromatic N) is 1. The number of nitriles is 1. The highest BCUT2D eigenvalue weighted by Gasteiger charge is 2.25. The average Bonchev–Trinajstić information content (AvgIpc) is 2.76. The molecule has 0 saturated carbocycles. The first-order valence-electron chi connectivity index (χ1n) is 5.72. The maximum Gasteiger partial charge on any atom is 0.242 e. The molecule has 2 unspecified atom stereocenters. The smallest absolute Gasteiger partial charge is 0.242 e. The molecule has 0 aromatic carbocycles. The summed E-state index contributed by atoms with van der Waals surface area (Å²) in [6.07, 6.45) is 1.98. The quantitative estimate of drug-likeness (QED) is 0.842. The van der Waals surface area contributed by atoms with Crippen LogP contribution >= 0.6 is 11.3 Å². The second kappa shape index (κ2) is 5.30. The molecule has 1 amide bonds. The predicted octanol–water partition coefficient (Wildman–Crippen LogP) is 1.95. The Morgan fingerprint density at radius 1 is 1.71 bits per heavy atom. The van der Waals surface area contributed by atoms with Crippen molar-refractivity contribution < 1.29 is 4.79 Å². The number of carbonyl (C=O) groups is 1. The largest absolute Gasteiger partial charge is 0.315 e. The van der Waals surface area contributed by atoms with E-state index in [-0.39, 0.29) is 11.9 Å². The highest BCUT2D eigenvalue weighted by Crippen LogP contribution is 2.23. The van der Waals surface area contributed by atoms with E-state index in [1.165, 1.54) is 11.3 Å². The minimum Gasteiger partial charge on any atom is -0.315 e. The zero-order chi connectivity index (χ0) is 12.3. The molecule has 2 atom stereocenters. The lowest BCUT2D eigenvalue weighted by molar-refractivity contribution is -0.118. The number of carbonyl (C=O) groups excluding carboxylic acids is 1. The van der Waals surface area contributed by atoms with Gasteiger partial charge in [-0.05, 0) is 36.8 Å². The van der Waals surface area contributed by atoms with Gasteiger partial charge in [0, 0.05) is 0 Å². The van der Waals surface area contributed by atoms with Crippen LogP contribution in [-0.2, 0) is 4.79 Å². The number of anilines is 1. The molecule has 1 aromatic rings. The monoisotopic (exact) mass is 249 g/mol. The molecule has 1 aliphatic heterocycles. The first-order valence-corrected chi connectivity index (χ1v) is 6.60. The van der Waals surface area contributed by atoms with Crippen LogP contribution in [0.5, 0.6) is 0 Å². The number of thiophene rings is 1. The molecular formula is C12H15N3OS. The third-order valence-corrected chi connectivity index (χ3v) is 3.83. The van der Waals surface area contributed by atoms with Crippen LogP contribution in [-0.4, -0.2) is 18.5 Å². The van der Waals surface area contributed by atoms with Gasteiger partial charge in [-0.3, -0.25) is 4.79 Å². The molecule has 0 aliphatic carbocycles. The summed E-state index contributed by atoms with van der Waals surface area (Å²) in [5.74, 6) is 0.543.